The van der Waals surface area contributed by atoms with Crippen molar-refractivity contribution in [3.63, 3.8) is 0 Å². The van der Waals surface area contributed by atoms with Crippen molar-refractivity contribution in [1.29, 1.82) is 5.26 Å². The number of aromatic nitrogens is 2. The number of nitrogens with one attached hydrogen (secondary N) is 1. The molecule has 2 fully saturated rings. The summed E-state index contributed by atoms with van der Waals surface area (Å²) in [5.74, 6) is 0.412. The first-order valence-corrected chi connectivity index (χ1v) is 15.8. The molecule has 1 aromatic carbocycles. The first-order chi connectivity index (χ1) is 21.6. The van der Waals surface area contributed by atoms with E-state index in [0.717, 1.165) is 19.6 Å². The molecule has 2 aliphatic rings. The summed E-state index contributed by atoms with van der Waals surface area (Å²) in [5, 5.41) is 13.4. The second-order valence-corrected chi connectivity index (χ2v) is 12.1. The van der Waals surface area contributed by atoms with Gasteiger partial charge in [-0.05, 0) is 71.7 Å². The zero-order valence-electron chi connectivity index (χ0n) is 26.9. The van der Waals surface area contributed by atoms with Crippen molar-refractivity contribution >= 4 is 22.6 Å². The molecule has 0 radical (unpaired) electrons. The van der Waals surface area contributed by atoms with Gasteiger partial charge in [-0.1, -0.05) is 12.1 Å². The van der Waals surface area contributed by atoms with E-state index in [1.807, 2.05) is 32.9 Å². The summed E-state index contributed by atoms with van der Waals surface area (Å²) < 4.78 is 29.6. The number of likely N-dealkylation sites (tertiary alicyclic amines) is 2. The Morgan fingerprint density at radius 1 is 1.22 bits per heavy atom. The highest BCUT2D eigenvalue weighted by Gasteiger charge is 2.40. The third-order valence-electron chi connectivity index (χ3n) is 9.24. The monoisotopic (exact) mass is 618 g/mol. The van der Waals surface area contributed by atoms with Crippen molar-refractivity contribution < 1.29 is 18.7 Å². The van der Waals surface area contributed by atoms with Crippen LogP contribution in [0.3, 0.4) is 0 Å². The van der Waals surface area contributed by atoms with Gasteiger partial charge in [0.05, 0.1) is 28.4 Å². The van der Waals surface area contributed by atoms with Gasteiger partial charge in [0.2, 0.25) is 5.91 Å². The topological polar surface area (TPSA) is 113 Å². The standard InChI is InChI=1S/C34H43FN6O4/c1-6-45-34(12-16-41(17-13-34)24(4)42)28-20-27-30(39(5)33(28)43)31(44-19-18-40-14-7-8-15-40)23(3)38-32(27)37-22(2)26-11-9-10-25(21-36)29(26)35/h9-11,20,22H,6-8,12-19H2,1-5H3,(H,37,38)/t22-/m1/s1. The van der Waals surface area contributed by atoms with Crippen molar-refractivity contribution in [3.05, 3.63) is 62.8 Å². The highest BCUT2D eigenvalue weighted by atomic mass is 19.1. The maximum atomic E-state index is 15.2. The van der Waals surface area contributed by atoms with E-state index in [1.54, 1.807) is 35.6 Å². The van der Waals surface area contributed by atoms with Crippen LogP contribution < -0.4 is 15.6 Å². The predicted octanol–water partition coefficient (Wildman–Crippen LogP) is 4.77. The fourth-order valence-corrected chi connectivity index (χ4v) is 6.74. The lowest BCUT2D eigenvalue weighted by Gasteiger charge is -2.41. The molecule has 1 N–H and O–H groups in total. The number of hydrogen-bond donors (Lipinski definition) is 1. The van der Waals surface area contributed by atoms with E-state index in [0.29, 0.717) is 78.4 Å². The molecule has 240 valence electrons. The molecule has 5 rings (SSSR count). The first-order valence-electron chi connectivity index (χ1n) is 15.8. The SMILES string of the molecule is CCOC1(c2cc3c(N[C@H](C)c4cccc(C#N)c4F)nc(C)c(OCCN4CCCC4)c3n(C)c2=O)CCN(C(C)=O)CC1. The van der Waals surface area contributed by atoms with Gasteiger partial charge >= 0.3 is 0 Å². The van der Waals surface area contributed by atoms with Gasteiger partial charge in [0.1, 0.15) is 29.9 Å². The van der Waals surface area contributed by atoms with Crippen molar-refractivity contribution in [2.45, 2.75) is 65.0 Å². The van der Waals surface area contributed by atoms with Crippen molar-refractivity contribution in [2.24, 2.45) is 7.05 Å². The van der Waals surface area contributed by atoms with Crippen LogP contribution in [0.5, 0.6) is 5.75 Å². The molecule has 11 heteroatoms. The maximum Gasteiger partial charge on any atom is 0.257 e. The number of ether oxygens (including phenoxy) is 2. The number of nitriles is 1. The molecular formula is C34H43FN6O4. The zero-order chi connectivity index (χ0) is 32.3. The lowest BCUT2D eigenvalue weighted by atomic mass is 9.84. The lowest BCUT2D eigenvalue weighted by molar-refractivity contribution is -0.136. The van der Waals surface area contributed by atoms with Crippen LogP contribution in [-0.4, -0.2) is 71.2 Å². The van der Waals surface area contributed by atoms with Gasteiger partial charge in [-0.3, -0.25) is 14.5 Å². The fourth-order valence-electron chi connectivity index (χ4n) is 6.74. The van der Waals surface area contributed by atoms with Crippen molar-refractivity contribution in [3.8, 4) is 11.8 Å². The Balaban J connectivity index is 1.63. The highest BCUT2D eigenvalue weighted by Crippen LogP contribution is 2.40. The molecule has 2 saturated heterocycles. The molecule has 1 atom stereocenters. The van der Waals surface area contributed by atoms with Crippen LogP contribution >= 0.6 is 0 Å². The number of benzene rings is 1. The molecule has 1 amide bonds. The van der Waals surface area contributed by atoms with Gasteiger partial charge in [-0.2, -0.15) is 5.26 Å². The summed E-state index contributed by atoms with van der Waals surface area (Å²) in [5.41, 5.74) is 0.894. The molecule has 4 heterocycles. The molecule has 2 aliphatic heterocycles. The van der Waals surface area contributed by atoms with E-state index < -0.39 is 17.5 Å². The molecule has 2 aromatic heterocycles. The van der Waals surface area contributed by atoms with E-state index in [4.69, 9.17) is 14.5 Å². The van der Waals surface area contributed by atoms with Gasteiger partial charge < -0.3 is 24.3 Å². The molecule has 10 nitrogen and oxygen atoms in total. The number of hydrogen-bond acceptors (Lipinski definition) is 8. The number of halogens is 1. The summed E-state index contributed by atoms with van der Waals surface area (Å²) >= 11 is 0. The van der Waals surface area contributed by atoms with E-state index in [1.165, 1.54) is 18.9 Å². The average molecular weight is 619 g/mol. The first kappa shape index (κ1) is 32.4. The Hall–Kier alpha value is -4.01. The smallest absolute Gasteiger partial charge is 0.257 e. The number of carbonyl (C=O) groups excluding carboxylic acids is 1. The number of anilines is 1. The Kier molecular flexibility index (Phi) is 9.75. The number of carbonyl (C=O) groups is 1. The normalized spacial score (nSPS) is 17.3. The van der Waals surface area contributed by atoms with Gasteiger partial charge in [-0.25, -0.2) is 9.37 Å². The molecular weight excluding hydrogens is 575 g/mol. The van der Waals surface area contributed by atoms with Crippen LogP contribution in [0, 0.1) is 24.1 Å². The summed E-state index contributed by atoms with van der Waals surface area (Å²) in [6, 6.07) is 7.96. The fraction of sp³-hybridized carbons (Fsp3) is 0.529. The number of amides is 1. The molecule has 0 saturated carbocycles. The number of rotatable bonds is 10. The Morgan fingerprint density at radius 2 is 1.93 bits per heavy atom. The maximum absolute atomic E-state index is 15.2. The number of piperidine rings is 1. The van der Waals surface area contributed by atoms with E-state index in [-0.39, 0.29) is 17.0 Å². The van der Waals surface area contributed by atoms with Crippen molar-refractivity contribution in [1.82, 2.24) is 19.4 Å². The Labute approximate surface area is 263 Å². The Morgan fingerprint density at radius 3 is 2.58 bits per heavy atom. The molecule has 0 unspecified atom stereocenters. The van der Waals surface area contributed by atoms with E-state index in [2.05, 4.69) is 10.2 Å². The number of nitrogens with zero attached hydrogens (tertiary/aromatic N) is 5. The molecule has 0 bridgehead atoms. The van der Waals surface area contributed by atoms with Crippen LogP contribution in [0.2, 0.25) is 0 Å². The van der Waals surface area contributed by atoms with Gasteiger partial charge in [0.25, 0.3) is 5.56 Å². The summed E-state index contributed by atoms with van der Waals surface area (Å²) in [6.45, 7) is 11.8. The molecule has 45 heavy (non-hydrogen) atoms. The molecule has 3 aromatic rings. The Bertz CT molecular complexity index is 1670. The molecule has 0 aliphatic carbocycles. The van der Waals surface area contributed by atoms with Gasteiger partial charge in [0, 0.05) is 51.2 Å². The van der Waals surface area contributed by atoms with Crippen LogP contribution in [0.4, 0.5) is 10.2 Å². The minimum Gasteiger partial charge on any atom is -0.488 e. The van der Waals surface area contributed by atoms with Gasteiger partial charge in [-0.15, -0.1) is 0 Å². The number of fused-ring (bicyclic) bond motifs is 1. The quantitative estimate of drug-likeness (QED) is 0.346. The summed E-state index contributed by atoms with van der Waals surface area (Å²) in [7, 11) is 1.73. The third-order valence-corrected chi connectivity index (χ3v) is 9.24. The molecule has 0 spiro atoms. The summed E-state index contributed by atoms with van der Waals surface area (Å²) in [6.07, 6.45) is 3.32. The minimum atomic E-state index is -0.887. The largest absolute Gasteiger partial charge is 0.488 e. The predicted molar refractivity (Wildman–Crippen MR) is 171 cm³/mol. The summed E-state index contributed by atoms with van der Waals surface area (Å²) in [4.78, 5) is 35.4. The zero-order valence-corrected chi connectivity index (χ0v) is 26.9. The second-order valence-electron chi connectivity index (χ2n) is 12.1. The van der Waals surface area contributed by atoms with Crippen LogP contribution in [0.15, 0.2) is 29.1 Å². The second kappa shape index (κ2) is 13.5. The van der Waals surface area contributed by atoms with Crippen molar-refractivity contribution in [2.75, 3.05) is 51.3 Å². The van der Waals surface area contributed by atoms with E-state index >= 15 is 4.39 Å². The van der Waals surface area contributed by atoms with Crippen LogP contribution in [0.25, 0.3) is 10.9 Å². The highest BCUT2D eigenvalue weighted by molar-refractivity contribution is 5.95. The average Bonchev–Trinajstić information content (AvgIpc) is 3.54. The number of pyridine rings is 2. The number of aryl methyl sites for hydroxylation is 2. The van der Waals surface area contributed by atoms with Crippen LogP contribution in [0.1, 0.15) is 74.9 Å². The lowest BCUT2D eigenvalue weighted by Crippen LogP contribution is -2.48. The minimum absolute atomic E-state index is 0.00455. The van der Waals surface area contributed by atoms with E-state index in [9.17, 15) is 14.9 Å². The van der Waals surface area contributed by atoms with Gasteiger partial charge in [0.15, 0.2) is 5.75 Å². The van der Waals surface area contributed by atoms with Crippen LogP contribution in [-0.2, 0) is 22.2 Å². The third kappa shape index (κ3) is 6.40.